The minimum atomic E-state index is -0.514. The molecule has 0 heterocycles. The molecule has 2 N–H and O–H groups in total. The predicted octanol–water partition coefficient (Wildman–Crippen LogP) is -0.140. The van der Waals surface area contributed by atoms with Gasteiger partial charge in [-0.15, -0.1) is 0 Å². The molecule has 1 saturated carbocycles. The fourth-order valence-corrected chi connectivity index (χ4v) is 1.68. The zero-order valence-corrected chi connectivity index (χ0v) is 11.4. The lowest BCUT2D eigenvalue weighted by atomic mass is 10.4. The van der Waals surface area contributed by atoms with E-state index in [0.29, 0.717) is 13.2 Å². The largest absolute Gasteiger partial charge is 0.465 e. The van der Waals surface area contributed by atoms with Gasteiger partial charge < -0.3 is 10.1 Å². The van der Waals surface area contributed by atoms with Crippen molar-refractivity contribution in [2.45, 2.75) is 32.7 Å². The Bertz CT molecular complexity index is 342. The summed E-state index contributed by atoms with van der Waals surface area (Å²) in [6, 6.07) is -0.274. The van der Waals surface area contributed by atoms with Crippen molar-refractivity contribution < 1.29 is 19.1 Å². The van der Waals surface area contributed by atoms with Crippen LogP contribution in [0.5, 0.6) is 0 Å². The van der Waals surface area contributed by atoms with Gasteiger partial charge in [-0.2, -0.15) is 0 Å². The first-order valence-corrected chi connectivity index (χ1v) is 6.54. The minimum absolute atomic E-state index is 0.0284. The Labute approximate surface area is 112 Å². The van der Waals surface area contributed by atoms with Crippen LogP contribution in [-0.4, -0.2) is 55.1 Å². The summed E-state index contributed by atoms with van der Waals surface area (Å²) < 4.78 is 4.86. The van der Waals surface area contributed by atoms with Crippen LogP contribution >= 0.6 is 0 Å². The third-order valence-corrected chi connectivity index (χ3v) is 2.64. The van der Waals surface area contributed by atoms with E-state index in [4.69, 9.17) is 4.74 Å². The molecule has 108 valence electrons. The highest BCUT2D eigenvalue weighted by Crippen LogP contribution is 2.26. The van der Waals surface area contributed by atoms with Crippen LogP contribution < -0.4 is 10.6 Å². The van der Waals surface area contributed by atoms with Crippen molar-refractivity contribution in [3.05, 3.63) is 0 Å². The topological polar surface area (TPSA) is 87.7 Å². The van der Waals surface area contributed by atoms with E-state index in [2.05, 4.69) is 10.6 Å². The number of esters is 1. The molecule has 0 bridgehead atoms. The molecular weight excluding hydrogens is 250 g/mol. The standard InChI is InChI=1S/C12H21N3O4/c1-3-13-12(18)14-10(16)7-15(9-5-6-9)8-11(17)19-4-2/h9H,3-8H2,1-2H3,(H2,13,14,16,18). The molecule has 0 atom stereocenters. The first kappa shape index (κ1) is 15.4. The van der Waals surface area contributed by atoms with E-state index >= 15 is 0 Å². The zero-order valence-electron chi connectivity index (χ0n) is 11.4. The smallest absolute Gasteiger partial charge is 0.321 e. The molecule has 1 fully saturated rings. The zero-order chi connectivity index (χ0) is 14.3. The van der Waals surface area contributed by atoms with E-state index in [9.17, 15) is 14.4 Å². The van der Waals surface area contributed by atoms with Crippen molar-refractivity contribution in [1.82, 2.24) is 15.5 Å². The number of rotatable bonds is 7. The van der Waals surface area contributed by atoms with Crippen molar-refractivity contribution in [2.75, 3.05) is 26.2 Å². The van der Waals surface area contributed by atoms with E-state index in [1.165, 1.54) is 0 Å². The van der Waals surface area contributed by atoms with Gasteiger partial charge in [0, 0.05) is 12.6 Å². The maximum atomic E-state index is 11.6. The number of urea groups is 1. The van der Waals surface area contributed by atoms with E-state index in [1.54, 1.807) is 18.7 Å². The summed E-state index contributed by atoms with van der Waals surface area (Å²) >= 11 is 0. The number of carbonyl (C=O) groups excluding carboxylic acids is 3. The van der Waals surface area contributed by atoms with Gasteiger partial charge in [-0.25, -0.2) is 4.79 Å². The monoisotopic (exact) mass is 271 g/mol. The fourth-order valence-electron chi connectivity index (χ4n) is 1.68. The Morgan fingerprint density at radius 3 is 2.42 bits per heavy atom. The van der Waals surface area contributed by atoms with Crippen LogP contribution in [0.2, 0.25) is 0 Å². The quantitative estimate of drug-likeness (QED) is 0.629. The molecule has 3 amide bonds. The van der Waals surface area contributed by atoms with E-state index in [-0.39, 0.29) is 25.1 Å². The highest BCUT2D eigenvalue weighted by Gasteiger charge is 2.32. The summed E-state index contributed by atoms with van der Waals surface area (Å²) in [7, 11) is 0. The third kappa shape index (κ3) is 6.19. The van der Waals surface area contributed by atoms with Gasteiger partial charge in [-0.3, -0.25) is 19.8 Å². The fraction of sp³-hybridized carbons (Fsp3) is 0.750. The number of imide groups is 1. The van der Waals surface area contributed by atoms with Crippen LogP contribution in [-0.2, 0) is 14.3 Å². The van der Waals surface area contributed by atoms with Crippen LogP contribution in [0.25, 0.3) is 0 Å². The highest BCUT2D eigenvalue weighted by molar-refractivity contribution is 5.95. The molecule has 0 saturated heterocycles. The van der Waals surface area contributed by atoms with Crippen molar-refractivity contribution in [3.8, 4) is 0 Å². The Hall–Kier alpha value is -1.63. The maximum Gasteiger partial charge on any atom is 0.321 e. The minimum Gasteiger partial charge on any atom is -0.465 e. The van der Waals surface area contributed by atoms with Gasteiger partial charge in [0.2, 0.25) is 5.91 Å². The lowest BCUT2D eigenvalue weighted by Gasteiger charge is -2.19. The molecule has 7 nitrogen and oxygen atoms in total. The van der Waals surface area contributed by atoms with Gasteiger partial charge in [-0.1, -0.05) is 0 Å². The molecule has 0 aromatic carbocycles. The molecule has 7 heteroatoms. The molecule has 0 radical (unpaired) electrons. The summed E-state index contributed by atoms with van der Waals surface area (Å²) in [6.07, 6.45) is 1.93. The van der Waals surface area contributed by atoms with Gasteiger partial charge in [-0.05, 0) is 26.7 Å². The summed E-state index contributed by atoms with van der Waals surface area (Å²) in [4.78, 5) is 36.0. The average molecular weight is 271 g/mol. The van der Waals surface area contributed by atoms with Gasteiger partial charge in [0.05, 0.1) is 19.7 Å². The lowest BCUT2D eigenvalue weighted by molar-refractivity contribution is -0.144. The van der Waals surface area contributed by atoms with E-state index < -0.39 is 11.9 Å². The van der Waals surface area contributed by atoms with Gasteiger partial charge in [0.1, 0.15) is 0 Å². The molecule has 0 spiro atoms. The Balaban J connectivity index is 2.38. The van der Waals surface area contributed by atoms with Crippen molar-refractivity contribution in [3.63, 3.8) is 0 Å². The average Bonchev–Trinajstić information content (AvgIpc) is 3.12. The second-order valence-corrected chi connectivity index (χ2v) is 4.35. The molecule has 0 aliphatic heterocycles. The second-order valence-electron chi connectivity index (χ2n) is 4.35. The molecular formula is C12H21N3O4. The lowest BCUT2D eigenvalue weighted by Crippen LogP contribution is -2.46. The summed E-state index contributed by atoms with van der Waals surface area (Å²) in [6.45, 7) is 4.39. The molecule has 0 aromatic heterocycles. The molecule has 1 aliphatic carbocycles. The number of nitrogens with zero attached hydrogens (tertiary/aromatic N) is 1. The van der Waals surface area contributed by atoms with Gasteiger partial charge in [0.25, 0.3) is 0 Å². The second kappa shape index (κ2) is 7.73. The first-order valence-electron chi connectivity index (χ1n) is 6.54. The van der Waals surface area contributed by atoms with Crippen LogP contribution in [0.4, 0.5) is 4.79 Å². The Kier molecular flexibility index (Phi) is 6.27. The highest BCUT2D eigenvalue weighted by atomic mass is 16.5. The SMILES string of the molecule is CCNC(=O)NC(=O)CN(CC(=O)OCC)C1CC1. The predicted molar refractivity (Wildman–Crippen MR) is 68.4 cm³/mol. The molecule has 0 unspecified atom stereocenters. The molecule has 1 rings (SSSR count). The van der Waals surface area contributed by atoms with Gasteiger partial charge >= 0.3 is 12.0 Å². The van der Waals surface area contributed by atoms with Gasteiger partial charge in [0.15, 0.2) is 0 Å². The van der Waals surface area contributed by atoms with Crippen molar-refractivity contribution in [2.24, 2.45) is 0 Å². The molecule has 19 heavy (non-hydrogen) atoms. The van der Waals surface area contributed by atoms with Crippen LogP contribution in [0, 0.1) is 0 Å². The normalized spacial score (nSPS) is 14.1. The number of carbonyl (C=O) groups is 3. The number of hydrogen-bond acceptors (Lipinski definition) is 5. The van der Waals surface area contributed by atoms with Crippen molar-refractivity contribution >= 4 is 17.9 Å². The maximum absolute atomic E-state index is 11.6. The van der Waals surface area contributed by atoms with Crippen LogP contribution in [0.1, 0.15) is 26.7 Å². The van der Waals surface area contributed by atoms with E-state index in [0.717, 1.165) is 12.8 Å². The molecule has 0 aromatic rings. The Morgan fingerprint density at radius 1 is 1.21 bits per heavy atom. The number of ether oxygens (including phenoxy) is 1. The molecule has 1 aliphatic rings. The van der Waals surface area contributed by atoms with E-state index in [1.807, 2.05) is 0 Å². The van der Waals surface area contributed by atoms with Crippen LogP contribution in [0.3, 0.4) is 0 Å². The number of hydrogen-bond donors (Lipinski definition) is 2. The first-order chi connectivity index (χ1) is 9.06. The summed E-state index contributed by atoms with van der Waals surface area (Å²) in [5, 5.41) is 4.69. The van der Waals surface area contributed by atoms with Crippen LogP contribution in [0.15, 0.2) is 0 Å². The Morgan fingerprint density at radius 2 is 1.89 bits per heavy atom. The summed E-state index contributed by atoms with van der Waals surface area (Å²) in [5.41, 5.74) is 0. The third-order valence-electron chi connectivity index (χ3n) is 2.64. The summed E-state index contributed by atoms with van der Waals surface area (Å²) in [5.74, 6) is -0.762. The van der Waals surface area contributed by atoms with Crippen molar-refractivity contribution in [1.29, 1.82) is 0 Å². The number of nitrogens with one attached hydrogen (secondary N) is 2. The number of amides is 3.